The lowest BCUT2D eigenvalue weighted by molar-refractivity contribution is 0.293. The number of hydrogen-bond acceptors (Lipinski definition) is 2. The van der Waals surface area contributed by atoms with E-state index in [4.69, 9.17) is 0 Å². The molecule has 0 heterocycles. The van der Waals surface area contributed by atoms with Crippen molar-refractivity contribution in [3.63, 3.8) is 0 Å². The van der Waals surface area contributed by atoms with Crippen molar-refractivity contribution in [2.24, 2.45) is 5.92 Å². The average molecular weight is 184 g/mol. The SMILES string of the molecule is C=C(CN(C)CCN(C)C)C(C)C. The van der Waals surface area contributed by atoms with E-state index in [1.165, 1.54) is 5.57 Å². The summed E-state index contributed by atoms with van der Waals surface area (Å²) >= 11 is 0. The standard InChI is InChI=1S/C11H24N2/c1-10(2)11(3)9-13(6)8-7-12(4)5/h10H,3,7-9H2,1-2,4-6H3. The van der Waals surface area contributed by atoms with Crippen molar-refractivity contribution >= 4 is 0 Å². The van der Waals surface area contributed by atoms with Gasteiger partial charge in [-0.3, -0.25) is 0 Å². The number of likely N-dealkylation sites (N-methyl/N-ethyl adjacent to an activating group) is 2. The Labute approximate surface area is 83.2 Å². The molecule has 0 aliphatic carbocycles. The van der Waals surface area contributed by atoms with E-state index in [0.29, 0.717) is 5.92 Å². The van der Waals surface area contributed by atoms with E-state index in [9.17, 15) is 0 Å². The van der Waals surface area contributed by atoms with Crippen molar-refractivity contribution in [3.8, 4) is 0 Å². The average Bonchev–Trinajstić information content (AvgIpc) is 2.00. The highest BCUT2D eigenvalue weighted by Crippen LogP contribution is 2.07. The fraction of sp³-hybridized carbons (Fsp3) is 0.818. The van der Waals surface area contributed by atoms with Crippen molar-refractivity contribution in [2.75, 3.05) is 40.8 Å². The van der Waals surface area contributed by atoms with Crippen LogP contribution in [0.4, 0.5) is 0 Å². The first-order valence-corrected chi connectivity index (χ1v) is 4.94. The van der Waals surface area contributed by atoms with Crippen LogP contribution in [0.3, 0.4) is 0 Å². The Morgan fingerprint density at radius 3 is 2.08 bits per heavy atom. The molecule has 0 N–H and O–H groups in total. The van der Waals surface area contributed by atoms with Crippen molar-refractivity contribution in [1.82, 2.24) is 9.80 Å². The number of nitrogens with zero attached hydrogens (tertiary/aromatic N) is 2. The highest BCUT2D eigenvalue weighted by Gasteiger charge is 2.04. The van der Waals surface area contributed by atoms with Crippen LogP contribution in [0, 0.1) is 5.92 Å². The summed E-state index contributed by atoms with van der Waals surface area (Å²) in [5.74, 6) is 0.599. The van der Waals surface area contributed by atoms with Crippen LogP contribution in [0.2, 0.25) is 0 Å². The van der Waals surface area contributed by atoms with Gasteiger partial charge in [-0.25, -0.2) is 0 Å². The van der Waals surface area contributed by atoms with Gasteiger partial charge in [0, 0.05) is 19.6 Å². The quantitative estimate of drug-likeness (QED) is 0.580. The van der Waals surface area contributed by atoms with Crippen LogP contribution in [-0.4, -0.2) is 50.6 Å². The van der Waals surface area contributed by atoms with Gasteiger partial charge < -0.3 is 9.80 Å². The summed E-state index contributed by atoms with van der Waals surface area (Å²) in [6.07, 6.45) is 0. The molecule has 0 atom stereocenters. The lowest BCUT2D eigenvalue weighted by atomic mass is 10.1. The van der Waals surface area contributed by atoms with Crippen LogP contribution in [0.25, 0.3) is 0 Å². The minimum atomic E-state index is 0.599. The first-order chi connectivity index (χ1) is 5.93. The van der Waals surface area contributed by atoms with Gasteiger partial charge in [0.1, 0.15) is 0 Å². The minimum Gasteiger partial charge on any atom is -0.308 e. The molecular weight excluding hydrogens is 160 g/mol. The van der Waals surface area contributed by atoms with Crippen LogP contribution in [-0.2, 0) is 0 Å². The molecule has 0 saturated heterocycles. The van der Waals surface area contributed by atoms with Crippen molar-refractivity contribution < 1.29 is 0 Å². The summed E-state index contributed by atoms with van der Waals surface area (Å²) in [4.78, 5) is 4.52. The van der Waals surface area contributed by atoms with Crippen molar-refractivity contribution in [3.05, 3.63) is 12.2 Å². The largest absolute Gasteiger partial charge is 0.308 e. The second-order valence-electron chi connectivity index (χ2n) is 4.35. The summed E-state index contributed by atoms with van der Waals surface area (Å²) in [5, 5.41) is 0. The summed E-state index contributed by atoms with van der Waals surface area (Å²) in [5.41, 5.74) is 1.32. The van der Waals surface area contributed by atoms with Crippen molar-refractivity contribution in [1.29, 1.82) is 0 Å². The zero-order valence-corrected chi connectivity index (χ0v) is 9.80. The Morgan fingerprint density at radius 1 is 1.15 bits per heavy atom. The van der Waals surface area contributed by atoms with E-state index in [-0.39, 0.29) is 0 Å². The zero-order chi connectivity index (χ0) is 10.4. The molecule has 0 rings (SSSR count). The molecular formula is C11H24N2. The van der Waals surface area contributed by atoms with Gasteiger partial charge in [0.15, 0.2) is 0 Å². The molecule has 0 bridgehead atoms. The normalized spacial score (nSPS) is 11.7. The predicted molar refractivity (Wildman–Crippen MR) is 60.0 cm³/mol. The Balaban J connectivity index is 3.62. The Hall–Kier alpha value is -0.340. The molecule has 0 aromatic rings. The molecule has 13 heavy (non-hydrogen) atoms. The van der Waals surface area contributed by atoms with Crippen LogP contribution in [0.5, 0.6) is 0 Å². The molecule has 0 radical (unpaired) electrons. The lowest BCUT2D eigenvalue weighted by Crippen LogP contribution is -2.30. The molecule has 0 aliphatic heterocycles. The molecule has 0 aliphatic rings. The molecule has 2 heteroatoms. The van der Waals surface area contributed by atoms with E-state index in [1.54, 1.807) is 0 Å². The van der Waals surface area contributed by atoms with Crippen LogP contribution in [0.1, 0.15) is 13.8 Å². The van der Waals surface area contributed by atoms with Crippen LogP contribution in [0.15, 0.2) is 12.2 Å². The summed E-state index contributed by atoms with van der Waals surface area (Å²) in [7, 11) is 6.35. The molecule has 0 aromatic heterocycles. The van der Waals surface area contributed by atoms with E-state index in [0.717, 1.165) is 19.6 Å². The first-order valence-electron chi connectivity index (χ1n) is 4.94. The lowest BCUT2D eigenvalue weighted by Gasteiger charge is -2.21. The van der Waals surface area contributed by atoms with Gasteiger partial charge in [-0.05, 0) is 27.1 Å². The predicted octanol–water partition coefficient (Wildman–Crippen LogP) is 1.69. The highest BCUT2D eigenvalue weighted by atomic mass is 15.1. The Morgan fingerprint density at radius 2 is 1.69 bits per heavy atom. The second kappa shape index (κ2) is 6.17. The molecule has 0 amide bonds. The Kier molecular flexibility index (Phi) is 6.00. The van der Waals surface area contributed by atoms with Crippen molar-refractivity contribution in [2.45, 2.75) is 13.8 Å². The smallest absolute Gasteiger partial charge is 0.0190 e. The van der Waals surface area contributed by atoms with Crippen LogP contribution >= 0.6 is 0 Å². The second-order valence-corrected chi connectivity index (χ2v) is 4.35. The fourth-order valence-electron chi connectivity index (χ4n) is 0.979. The third-order valence-electron chi connectivity index (χ3n) is 2.22. The Bertz CT molecular complexity index is 150. The van der Waals surface area contributed by atoms with Gasteiger partial charge in [0.05, 0.1) is 0 Å². The van der Waals surface area contributed by atoms with Gasteiger partial charge in [0.2, 0.25) is 0 Å². The summed E-state index contributed by atoms with van der Waals surface area (Å²) in [6.45, 7) is 11.7. The summed E-state index contributed by atoms with van der Waals surface area (Å²) < 4.78 is 0. The third kappa shape index (κ3) is 6.79. The van der Waals surface area contributed by atoms with Crippen LogP contribution < -0.4 is 0 Å². The summed E-state index contributed by atoms with van der Waals surface area (Å²) in [6, 6.07) is 0. The van der Waals surface area contributed by atoms with Gasteiger partial charge >= 0.3 is 0 Å². The van der Waals surface area contributed by atoms with Gasteiger partial charge in [-0.2, -0.15) is 0 Å². The maximum absolute atomic E-state index is 4.07. The topological polar surface area (TPSA) is 6.48 Å². The van der Waals surface area contributed by atoms with Gasteiger partial charge in [0.25, 0.3) is 0 Å². The molecule has 0 saturated carbocycles. The number of hydrogen-bond donors (Lipinski definition) is 0. The molecule has 2 nitrogen and oxygen atoms in total. The zero-order valence-electron chi connectivity index (χ0n) is 9.80. The monoisotopic (exact) mass is 184 g/mol. The number of rotatable bonds is 6. The molecule has 0 fully saturated rings. The minimum absolute atomic E-state index is 0.599. The fourth-order valence-corrected chi connectivity index (χ4v) is 0.979. The third-order valence-corrected chi connectivity index (χ3v) is 2.22. The highest BCUT2D eigenvalue weighted by molar-refractivity contribution is 4.99. The molecule has 0 spiro atoms. The molecule has 0 aromatic carbocycles. The molecule has 78 valence electrons. The van der Waals surface area contributed by atoms with E-state index >= 15 is 0 Å². The van der Waals surface area contributed by atoms with Gasteiger partial charge in [-0.15, -0.1) is 0 Å². The van der Waals surface area contributed by atoms with E-state index in [2.05, 4.69) is 51.4 Å². The van der Waals surface area contributed by atoms with E-state index < -0.39 is 0 Å². The first kappa shape index (κ1) is 12.7. The maximum atomic E-state index is 4.07. The van der Waals surface area contributed by atoms with Gasteiger partial charge in [-0.1, -0.05) is 26.0 Å². The maximum Gasteiger partial charge on any atom is 0.0190 e. The molecule has 0 unspecified atom stereocenters. The van der Waals surface area contributed by atoms with E-state index in [1.807, 2.05) is 0 Å².